The Bertz CT molecular complexity index is 1920. The van der Waals surface area contributed by atoms with Crippen LogP contribution < -0.4 is 41.3 Å². The highest BCUT2D eigenvalue weighted by atomic mass is 31.1. The summed E-state index contributed by atoms with van der Waals surface area (Å²) in [4.78, 5) is 0. The first-order valence-electron chi connectivity index (χ1n) is 17.7. The van der Waals surface area contributed by atoms with Crippen molar-refractivity contribution in [3.63, 3.8) is 0 Å². The van der Waals surface area contributed by atoms with Gasteiger partial charge in [0.2, 0.25) is 0 Å². The molecule has 2 nitrogen and oxygen atoms in total. The zero-order valence-corrected chi connectivity index (χ0v) is 29.8. The molecule has 2 heterocycles. The van der Waals surface area contributed by atoms with Crippen molar-refractivity contribution in [1.29, 1.82) is 0 Å². The maximum absolute atomic E-state index is 7.53. The Hall–Kier alpha value is -4.22. The number of benzene rings is 6. The Labute approximate surface area is 293 Å². The first kappa shape index (κ1) is 32.0. The Balaban J connectivity index is 1.26. The van der Waals surface area contributed by atoms with Crippen LogP contribution in [0.25, 0.3) is 0 Å². The molecule has 0 amide bonds. The van der Waals surface area contributed by atoms with Gasteiger partial charge in [0.15, 0.2) is 0 Å². The van der Waals surface area contributed by atoms with Gasteiger partial charge in [0, 0.05) is 22.9 Å². The third kappa shape index (κ3) is 6.34. The van der Waals surface area contributed by atoms with Gasteiger partial charge in [-0.15, -0.1) is 0 Å². The zero-order chi connectivity index (χ0) is 33.0. The number of fused-ring (bicyclic) bond motifs is 2. The van der Waals surface area contributed by atoms with E-state index in [1.807, 2.05) is 0 Å². The molecule has 2 atom stereocenters. The van der Waals surface area contributed by atoms with Crippen LogP contribution in [0.1, 0.15) is 43.7 Å². The third-order valence-corrected chi connectivity index (χ3v) is 14.9. The highest BCUT2D eigenvalue weighted by molar-refractivity contribution is 7.80. The van der Waals surface area contributed by atoms with Gasteiger partial charge in [-0.1, -0.05) is 177 Å². The summed E-state index contributed by atoms with van der Waals surface area (Å²) in [6.45, 7) is 2.29. The maximum Gasteiger partial charge on any atom is 0.254 e. The second-order valence-electron chi connectivity index (χ2n) is 13.1. The van der Waals surface area contributed by atoms with Crippen LogP contribution in [0.4, 0.5) is 0 Å². The molecule has 1 unspecified atom stereocenters. The van der Waals surface area contributed by atoms with E-state index in [9.17, 15) is 0 Å². The molecule has 0 aromatic heterocycles. The van der Waals surface area contributed by atoms with Crippen molar-refractivity contribution in [2.75, 3.05) is 0 Å². The number of unbranched alkanes of at least 4 members (excludes halogenated alkanes) is 1. The number of hydrogen-bond acceptors (Lipinski definition) is 2. The van der Waals surface area contributed by atoms with Crippen LogP contribution in [0, 0.1) is 5.92 Å². The molecule has 0 bridgehead atoms. The lowest BCUT2D eigenvalue weighted by atomic mass is 9.80. The number of para-hydroxylation sites is 2. The molecule has 8 rings (SSSR count). The van der Waals surface area contributed by atoms with Crippen LogP contribution in [0.2, 0.25) is 0 Å². The molecule has 0 aliphatic carbocycles. The second-order valence-corrected chi connectivity index (χ2v) is 17.5. The van der Waals surface area contributed by atoms with Gasteiger partial charge in [-0.2, -0.15) is 0 Å². The molecule has 0 saturated heterocycles. The zero-order valence-electron chi connectivity index (χ0n) is 28.0. The lowest BCUT2D eigenvalue weighted by molar-refractivity contribution is -0.177. The van der Waals surface area contributed by atoms with Gasteiger partial charge in [-0.3, -0.25) is 0 Å². The number of aryl methyl sites for hydroxylation is 1. The van der Waals surface area contributed by atoms with Crippen molar-refractivity contribution in [2.24, 2.45) is 5.92 Å². The Morgan fingerprint density at radius 2 is 0.959 bits per heavy atom. The van der Waals surface area contributed by atoms with Crippen molar-refractivity contribution in [2.45, 2.75) is 51.2 Å². The van der Waals surface area contributed by atoms with E-state index in [1.165, 1.54) is 43.0 Å². The quantitative estimate of drug-likeness (QED) is 0.143. The maximum atomic E-state index is 7.53. The molecule has 2 aliphatic rings. The summed E-state index contributed by atoms with van der Waals surface area (Å²) in [7, 11) is -1.66. The smallest absolute Gasteiger partial charge is 0.254 e. The third-order valence-electron chi connectivity index (χ3n) is 9.98. The predicted molar refractivity (Wildman–Crippen MR) is 209 cm³/mol. The van der Waals surface area contributed by atoms with Crippen molar-refractivity contribution < 1.29 is 9.47 Å². The molecule has 2 aliphatic heterocycles. The molecule has 0 N–H and O–H groups in total. The van der Waals surface area contributed by atoms with Gasteiger partial charge in [-0.25, -0.2) is 0 Å². The predicted octanol–water partition coefficient (Wildman–Crippen LogP) is 8.67. The molecular weight excluding hydrogens is 634 g/mol. The van der Waals surface area contributed by atoms with Crippen molar-refractivity contribution >= 4 is 47.7 Å². The normalized spacial score (nSPS) is 18.1. The van der Waals surface area contributed by atoms with Crippen LogP contribution in [-0.2, 0) is 12.8 Å². The Morgan fingerprint density at radius 3 is 1.41 bits per heavy atom. The van der Waals surface area contributed by atoms with Gasteiger partial charge in [-0.05, 0) is 67.5 Å². The topological polar surface area (TPSA) is 18.5 Å². The van der Waals surface area contributed by atoms with E-state index in [4.69, 9.17) is 9.47 Å². The molecule has 0 radical (unpaired) electrons. The minimum Gasteiger partial charge on any atom is -0.451 e. The lowest BCUT2D eigenvalue weighted by Gasteiger charge is -2.48. The first-order chi connectivity index (χ1) is 24.2. The van der Waals surface area contributed by atoms with Gasteiger partial charge in [0.1, 0.15) is 11.5 Å². The second kappa shape index (κ2) is 14.3. The summed E-state index contributed by atoms with van der Waals surface area (Å²) in [5, 5.41) is 7.87. The highest BCUT2D eigenvalue weighted by Gasteiger charge is 2.50. The molecule has 244 valence electrons. The summed E-state index contributed by atoms with van der Waals surface area (Å²) in [6.07, 6.45) is 6.12. The minimum absolute atomic E-state index is 0.260. The monoisotopic (exact) mass is 676 g/mol. The largest absolute Gasteiger partial charge is 0.451 e. The van der Waals surface area contributed by atoms with E-state index in [1.54, 1.807) is 0 Å². The Morgan fingerprint density at radius 1 is 0.531 bits per heavy atom. The van der Waals surface area contributed by atoms with Gasteiger partial charge >= 0.3 is 0 Å². The van der Waals surface area contributed by atoms with E-state index in [2.05, 4.69) is 165 Å². The standard InChI is InChI=1S/C45H42O2P2/c1-2-3-20-36-33-35-19-17-30-42(49(39-25-12-6-13-26-39)40-27-14-7-15-28-40)44(35)47-45(36)32-31-34-18-16-29-41(43(34)46-45)48(37-21-8-4-9-22-37)38-23-10-5-11-24-38/h4-19,21-30,36H,2-3,20,31-33H2,1H3/t36?,45-/m1/s1. The molecule has 1 spiro atoms. The van der Waals surface area contributed by atoms with Crippen LogP contribution in [0.15, 0.2) is 158 Å². The number of ether oxygens (including phenoxy) is 2. The summed E-state index contributed by atoms with van der Waals surface area (Å²) >= 11 is 0. The average molecular weight is 677 g/mol. The van der Waals surface area contributed by atoms with Crippen LogP contribution in [0.5, 0.6) is 11.5 Å². The first-order valence-corrected chi connectivity index (χ1v) is 20.3. The summed E-state index contributed by atoms with van der Waals surface area (Å²) in [6, 6.07) is 57.5. The molecule has 0 fully saturated rings. The fraction of sp³-hybridized carbons (Fsp3) is 0.200. The molecule has 49 heavy (non-hydrogen) atoms. The van der Waals surface area contributed by atoms with Gasteiger partial charge in [0.05, 0.1) is 0 Å². The molecular formula is C45H42O2P2. The minimum atomic E-state index is -0.831. The van der Waals surface area contributed by atoms with Crippen LogP contribution >= 0.6 is 15.8 Å². The molecule has 6 aromatic rings. The summed E-state index contributed by atoms with van der Waals surface area (Å²) in [5.41, 5.74) is 2.59. The number of hydrogen-bond donors (Lipinski definition) is 0. The summed E-state index contributed by atoms with van der Waals surface area (Å²) < 4.78 is 15.1. The van der Waals surface area contributed by atoms with E-state index in [0.29, 0.717) is 0 Å². The van der Waals surface area contributed by atoms with Crippen LogP contribution in [-0.4, -0.2) is 5.79 Å². The highest BCUT2D eigenvalue weighted by Crippen LogP contribution is 2.50. The van der Waals surface area contributed by atoms with E-state index < -0.39 is 21.6 Å². The van der Waals surface area contributed by atoms with Gasteiger partial charge < -0.3 is 9.47 Å². The van der Waals surface area contributed by atoms with Gasteiger partial charge in [0.25, 0.3) is 5.79 Å². The van der Waals surface area contributed by atoms with Crippen molar-refractivity contribution in [1.82, 2.24) is 0 Å². The fourth-order valence-electron chi connectivity index (χ4n) is 7.59. The van der Waals surface area contributed by atoms with Crippen LogP contribution in [0.3, 0.4) is 0 Å². The lowest BCUT2D eigenvalue weighted by Crippen LogP contribution is -2.56. The van der Waals surface area contributed by atoms with Crippen molar-refractivity contribution in [3.05, 3.63) is 169 Å². The SMILES string of the molecule is CCCCC1Cc2cccc(P(c3ccccc3)c3ccccc3)c2O[C@]12CCc1cccc(P(c3ccccc3)c3ccccc3)c1O2. The Kier molecular flexibility index (Phi) is 9.36. The van der Waals surface area contributed by atoms with Crippen molar-refractivity contribution in [3.8, 4) is 11.5 Å². The molecule has 0 saturated carbocycles. The summed E-state index contributed by atoms with van der Waals surface area (Å²) in [5.74, 6) is 1.59. The van der Waals surface area contributed by atoms with E-state index in [-0.39, 0.29) is 5.92 Å². The fourth-order valence-corrected chi connectivity index (χ4v) is 12.4. The molecule has 6 aromatic carbocycles. The average Bonchev–Trinajstić information content (AvgIpc) is 3.16. The number of rotatable bonds is 9. The van der Waals surface area contributed by atoms with E-state index >= 15 is 0 Å². The molecule has 4 heteroatoms. The van der Waals surface area contributed by atoms with E-state index in [0.717, 1.165) is 50.0 Å².